The van der Waals surface area contributed by atoms with Gasteiger partial charge in [0.15, 0.2) is 0 Å². The third kappa shape index (κ3) is 5.30. The Kier molecular flexibility index (Phi) is 6.34. The lowest BCUT2D eigenvalue weighted by Gasteiger charge is -2.18. The molecular weight excluding hydrogens is 232 g/mol. The summed E-state index contributed by atoms with van der Waals surface area (Å²) in [6, 6.07) is -0.0683. The molecule has 100 valence electrons. The average Bonchev–Trinajstić information content (AvgIpc) is 3.12. The summed E-state index contributed by atoms with van der Waals surface area (Å²) < 4.78 is 0.427. The van der Waals surface area contributed by atoms with Gasteiger partial charge in [0.1, 0.15) is 0 Å². The molecule has 0 aromatic rings. The van der Waals surface area contributed by atoms with Gasteiger partial charge in [0.05, 0.1) is 6.04 Å². The first kappa shape index (κ1) is 14.8. The van der Waals surface area contributed by atoms with E-state index in [1.165, 1.54) is 25.7 Å². The highest BCUT2D eigenvalue weighted by atomic mass is 32.2. The minimum absolute atomic E-state index is 0.0683. The number of amides is 1. The number of rotatable bonds is 9. The van der Waals surface area contributed by atoms with Crippen LogP contribution in [-0.4, -0.2) is 36.0 Å². The van der Waals surface area contributed by atoms with Crippen molar-refractivity contribution in [3.8, 4) is 0 Å². The Morgan fingerprint density at radius 3 is 2.65 bits per heavy atom. The molecule has 1 unspecified atom stereocenters. The average molecular weight is 258 g/mol. The van der Waals surface area contributed by atoms with Gasteiger partial charge in [0.25, 0.3) is 0 Å². The summed E-state index contributed by atoms with van der Waals surface area (Å²) in [5, 5.41) is 6.33. The number of hydrogen-bond acceptors (Lipinski definition) is 3. The van der Waals surface area contributed by atoms with Crippen molar-refractivity contribution in [2.45, 2.75) is 56.7 Å². The first-order chi connectivity index (χ1) is 8.13. The molecule has 1 amide bonds. The standard InChI is InChI=1S/C13H26N2OS/c1-4-5-6-9-14-12(16)11(2)15-10-13(17-3)7-8-13/h11,15H,4-10H2,1-3H3,(H,14,16). The van der Waals surface area contributed by atoms with E-state index in [2.05, 4.69) is 23.8 Å². The highest BCUT2D eigenvalue weighted by Gasteiger charge is 2.41. The number of carbonyl (C=O) groups excluding carboxylic acids is 1. The predicted octanol–water partition coefficient (Wildman–Crippen LogP) is 2.17. The first-order valence-corrected chi connectivity index (χ1v) is 7.92. The molecule has 2 N–H and O–H groups in total. The molecule has 4 heteroatoms. The molecule has 17 heavy (non-hydrogen) atoms. The topological polar surface area (TPSA) is 41.1 Å². The zero-order chi connectivity index (χ0) is 12.7. The van der Waals surface area contributed by atoms with Gasteiger partial charge in [-0.3, -0.25) is 4.79 Å². The lowest BCUT2D eigenvalue weighted by Crippen LogP contribution is -2.45. The van der Waals surface area contributed by atoms with Crippen molar-refractivity contribution >= 4 is 17.7 Å². The van der Waals surface area contributed by atoms with E-state index in [0.29, 0.717) is 4.75 Å². The third-order valence-electron chi connectivity index (χ3n) is 3.44. The molecule has 1 atom stereocenters. The monoisotopic (exact) mass is 258 g/mol. The van der Waals surface area contributed by atoms with Crippen molar-refractivity contribution in [2.75, 3.05) is 19.3 Å². The van der Waals surface area contributed by atoms with Crippen molar-refractivity contribution in [3.05, 3.63) is 0 Å². The zero-order valence-electron chi connectivity index (χ0n) is 11.3. The Balaban J connectivity index is 2.09. The van der Waals surface area contributed by atoms with E-state index < -0.39 is 0 Å². The summed E-state index contributed by atoms with van der Waals surface area (Å²) in [5.74, 6) is 0.137. The van der Waals surface area contributed by atoms with Gasteiger partial charge < -0.3 is 10.6 Å². The van der Waals surface area contributed by atoms with Gasteiger partial charge in [-0.25, -0.2) is 0 Å². The molecule has 0 radical (unpaired) electrons. The first-order valence-electron chi connectivity index (χ1n) is 6.70. The summed E-state index contributed by atoms with van der Waals surface area (Å²) in [6.07, 6.45) is 8.20. The fourth-order valence-corrected chi connectivity index (χ4v) is 2.50. The van der Waals surface area contributed by atoms with E-state index in [1.807, 2.05) is 18.7 Å². The Morgan fingerprint density at radius 1 is 1.41 bits per heavy atom. The van der Waals surface area contributed by atoms with Gasteiger partial charge in [-0.05, 0) is 32.4 Å². The largest absolute Gasteiger partial charge is 0.355 e. The van der Waals surface area contributed by atoms with Crippen molar-refractivity contribution < 1.29 is 4.79 Å². The summed E-state index contributed by atoms with van der Waals surface area (Å²) >= 11 is 1.92. The number of nitrogens with one attached hydrogen (secondary N) is 2. The SMILES string of the molecule is CCCCCNC(=O)C(C)NCC1(SC)CC1. The van der Waals surface area contributed by atoms with E-state index in [0.717, 1.165) is 19.5 Å². The summed E-state index contributed by atoms with van der Waals surface area (Å²) in [4.78, 5) is 11.8. The fraction of sp³-hybridized carbons (Fsp3) is 0.923. The Morgan fingerprint density at radius 2 is 2.12 bits per heavy atom. The van der Waals surface area contributed by atoms with Crippen LogP contribution in [0.15, 0.2) is 0 Å². The second-order valence-electron chi connectivity index (χ2n) is 4.99. The molecule has 1 fully saturated rings. The van der Waals surface area contributed by atoms with E-state index in [4.69, 9.17) is 0 Å². The quantitative estimate of drug-likeness (QED) is 0.623. The van der Waals surface area contributed by atoms with Gasteiger partial charge in [0.2, 0.25) is 5.91 Å². The molecule has 0 aliphatic heterocycles. The number of carbonyl (C=O) groups is 1. The predicted molar refractivity (Wildman–Crippen MR) is 75.5 cm³/mol. The normalized spacial score (nSPS) is 18.8. The van der Waals surface area contributed by atoms with Crippen LogP contribution in [0.3, 0.4) is 0 Å². The van der Waals surface area contributed by atoms with Crippen LogP contribution in [0.5, 0.6) is 0 Å². The highest BCUT2D eigenvalue weighted by molar-refractivity contribution is 8.00. The van der Waals surface area contributed by atoms with Crippen molar-refractivity contribution in [1.29, 1.82) is 0 Å². The molecule has 1 aliphatic rings. The molecule has 0 spiro atoms. The van der Waals surface area contributed by atoms with Gasteiger partial charge in [-0.15, -0.1) is 0 Å². The molecule has 0 aromatic carbocycles. The van der Waals surface area contributed by atoms with Crippen LogP contribution >= 0.6 is 11.8 Å². The lowest BCUT2D eigenvalue weighted by atomic mass is 10.2. The maximum Gasteiger partial charge on any atom is 0.236 e. The van der Waals surface area contributed by atoms with Crippen LogP contribution in [0.4, 0.5) is 0 Å². The van der Waals surface area contributed by atoms with Crippen molar-refractivity contribution in [2.24, 2.45) is 0 Å². The molecule has 1 saturated carbocycles. The Labute approximate surface area is 109 Å². The van der Waals surface area contributed by atoms with Gasteiger partial charge in [0, 0.05) is 17.8 Å². The zero-order valence-corrected chi connectivity index (χ0v) is 12.2. The van der Waals surface area contributed by atoms with Gasteiger partial charge in [-0.1, -0.05) is 19.8 Å². The number of unbranched alkanes of at least 4 members (excludes halogenated alkanes) is 2. The van der Waals surface area contributed by atoms with Gasteiger partial charge in [-0.2, -0.15) is 11.8 Å². The van der Waals surface area contributed by atoms with Crippen molar-refractivity contribution in [3.63, 3.8) is 0 Å². The van der Waals surface area contributed by atoms with Gasteiger partial charge >= 0.3 is 0 Å². The van der Waals surface area contributed by atoms with Crippen LogP contribution in [0.25, 0.3) is 0 Å². The van der Waals surface area contributed by atoms with Crippen LogP contribution in [-0.2, 0) is 4.79 Å². The van der Waals surface area contributed by atoms with Crippen LogP contribution in [0.1, 0.15) is 46.0 Å². The lowest BCUT2D eigenvalue weighted by molar-refractivity contribution is -0.122. The second-order valence-corrected chi connectivity index (χ2v) is 6.26. The number of hydrogen-bond donors (Lipinski definition) is 2. The van der Waals surface area contributed by atoms with E-state index >= 15 is 0 Å². The summed E-state index contributed by atoms with van der Waals surface area (Å²) in [5.41, 5.74) is 0. The highest BCUT2D eigenvalue weighted by Crippen LogP contribution is 2.46. The third-order valence-corrected chi connectivity index (χ3v) is 4.86. The Bertz CT molecular complexity index is 242. The van der Waals surface area contributed by atoms with Crippen LogP contribution in [0.2, 0.25) is 0 Å². The maximum absolute atomic E-state index is 11.8. The minimum Gasteiger partial charge on any atom is -0.355 e. The minimum atomic E-state index is -0.0683. The Hall–Kier alpha value is -0.220. The molecule has 1 rings (SSSR count). The molecule has 0 aromatic heterocycles. The molecule has 0 saturated heterocycles. The van der Waals surface area contributed by atoms with E-state index in [9.17, 15) is 4.79 Å². The summed E-state index contributed by atoms with van der Waals surface area (Å²) in [7, 11) is 0. The van der Waals surface area contributed by atoms with Crippen LogP contribution in [0, 0.1) is 0 Å². The molecule has 3 nitrogen and oxygen atoms in total. The molecule has 1 aliphatic carbocycles. The molecule has 0 heterocycles. The summed E-state index contributed by atoms with van der Waals surface area (Å²) in [6.45, 7) is 5.89. The second kappa shape index (κ2) is 7.27. The number of thioether (sulfide) groups is 1. The fourth-order valence-electron chi connectivity index (χ4n) is 1.76. The molecular formula is C13H26N2OS. The van der Waals surface area contributed by atoms with E-state index in [1.54, 1.807) is 0 Å². The van der Waals surface area contributed by atoms with E-state index in [-0.39, 0.29) is 11.9 Å². The molecule has 0 bridgehead atoms. The van der Waals surface area contributed by atoms with Crippen molar-refractivity contribution in [1.82, 2.24) is 10.6 Å². The maximum atomic E-state index is 11.8. The smallest absolute Gasteiger partial charge is 0.236 e. The van der Waals surface area contributed by atoms with Crippen LogP contribution < -0.4 is 10.6 Å².